The molecule has 0 fully saturated rings. The number of pyridine rings is 1. The summed E-state index contributed by atoms with van der Waals surface area (Å²) < 4.78 is 0.915. The highest BCUT2D eigenvalue weighted by Crippen LogP contribution is 2.18. The number of hydrogen-bond acceptors (Lipinski definition) is 1. The Hall–Kier alpha value is -1.09. The van der Waals surface area contributed by atoms with Crippen LogP contribution >= 0.6 is 15.9 Å². The summed E-state index contributed by atoms with van der Waals surface area (Å²) in [6, 6.07) is 7.48. The first-order valence-electron chi connectivity index (χ1n) is 4.55. The van der Waals surface area contributed by atoms with Crippen LogP contribution in [0.1, 0.15) is 13.8 Å². The summed E-state index contributed by atoms with van der Waals surface area (Å²) in [4.78, 5) is 13.9. The minimum atomic E-state index is -0.0474. The third kappa shape index (κ3) is 2.04. The van der Waals surface area contributed by atoms with Crippen molar-refractivity contribution in [3.05, 3.63) is 45.3 Å². The van der Waals surface area contributed by atoms with Crippen molar-refractivity contribution in [3.8, 4) is 0 Å². The molecule has 0 atom stereocenters. The molecule has 0 aliphatic rings. The van der Waals surface area contributed by atoms with Crippen molar-refractivity contribution in [3.63, 3.8) is 0 Å². The van der Waals surface area contributed by atoms with Gasteiger partial charge in [-0.05, 0) is 22.0 Å². The lowest BCUT2D eigenvalue weighted by atomic mass is 10.2. The highest BCUT2D eigenvalue weighted by molar-refractivity contribution is 9.10. The zero-order valence-electron chi connectivity index (χ0n) is 8.17. The van der Waals surface area contributed by atoms with Crippen molar-refractivity contribution in [1.29, 1.82) is 0 Å². The Balaban J connectivity index is 0.000000461. The highest BCUT2D eigenvalue weighted by atomic mass is 79.9. The minimum absolute atomic E-state index is 0.0474. The molecule has 0 saturated carbocycles. The number of rotatable bonds is 0. The lowest BCUT2D eigenvalue weighted by Gasteiger charge is -1.97. The Morgan fingerprint density at radius 3 is 2.29 bits per heavy atom. The summed E-state index contributed by atoms with van der Waals surface area (Å²) in [6.07, 6.45) is 1.66. The number of H-pyrrole nitrogens is 1. The van der Waals surface area contributed by atoms with Crippen LogP contribution in [-0.4, -0.2) is 4.98 Å². The van der Waals surface area contributed by atoms with Crippen LogP contribution < -0.4 is 5.56 Å². The van der Waals surface area contributed by atoms with Crippen LogP contribution in [0.2, 0.25) is 0 Å². The maximum absolute atomic E-state index is 11.3. The maximum atomic E-state index is 11.3. The molecule has 0 amide bonds. The number of aromatic amines is 1. The highest BCUT2D eigenvalue weighted by Gasteiger charge is 1.99. The Kier molecular flexibility index (Phi) is 3.89. The van der Waals surface area contributed by atoms with Crippen molar-refractivity contribution in [2.45, 2.75) is 13.8 Å². The fourth-order valence-electron chi connectivity index (χ4n) is 1.17. The van der Waals surface area contributed by atoms with Crippen LogP contribution in [0, 0.1) is 0 Å². The molecular formula is C11H12BrNO. The van der Waals surface area contributed by atoms with E-state index in [1.165, 1.54) is 0 Å². The molecular weight excluding hydrogens is 242 g/mol. The second-order valence-corrected chi connectivity index (χ2v) is 3.37. The number of benzene rings is 1. The van der Waals surface area contributed by atoms with Gasteiger partial charge in [0.2, 0.25) is 0 Å². The van der Waals surface area contributed by atoms with E-state index in [0.717, 1.165) is 9.86 Å². The molecule has 1 heterocycles. The molecule has 0 radical (unpaired) electrons. The van der Waals surface area contributed by atoms with Gasteiger partial charge in [0, 0.05) is 21.4 Å². The molecule has 1 aromatic heterocycles. The van der Waals surface area contributed by atoms with Gasteiger partial charge >= 0.3 is 0 Å². The van der Waals surface area contributed by atoms with Crippen molar-refractivity contribution in [2.24, 2.45) is 0 Å². The van der Waals surface area contributed by atoms with Gasteiger partial charge in [-0.3, -0.25) is 4.79 Å². The normalized spacial score (nSPS) is 9.36. The first-order chi connectivity index (χ1) is 6.79. The molecule has 0 bridgehead atoms. The zero-order chi connectivity index (χ0) is 10.6. The van der Waals surface area contributed by atoms with Crippen molar-refractivity contribution in [1.82, 2.24) is 4.98 Å². The first-order valence-corrected chi connectivity index (χ1v) is 5.34. The number of aromatic nitrogens is 1. The van der Waals surface area contributed by atoms with Crippen molar-refractivity contribution >= 4 is 26.7 Å². The van der Waals surface area contributed by atoms with Gasteiger partial charge < -0.3 is 4.98 Å². The number of nitrogens with one attached hydrogen (secondary N) is 1. The van der Waals surface area contributed by atoms with Gasteiger partial charge in [0.25, 0.3) is 5.56 Å². The van der Waals surface area contributed by atoms with Crippen LogP contribution in [0.5, 0.6) is 0 Å². The molecule has 14 heavy (non-hydrogen) atoms. The Labute approximate surface area is 91.1 Å². The standard InChI is InChI=1S/C9H6BrNO.C2H6/c10-8-5-11-9(12)7-4-2-1-3-6(7)8;1-2/h1-5H,(H,11,12);1-2H3. The molecule has 0 aliphatic heterocycles. The lowest BCUT2D eigenvalue weighted by Crippen LogP contribution is -2.04. The second-order valence-electron chi connectivity index (χ2n) is 2.51. The fraction of sp³-hybridized carbons (Fsp3) is 0.182. The summed E-state index contributed by atoms with van der Waals surface area (Å²) in [5.74, 6) is 0. The van der Waals surface area contributed by atoms with E-state index in [-0.39, 0.29) is 5.56 Å². The predicted octanol–water partition coefficient (Wildman–Crippen LogP) is 3.32. The van der Waals surface area contributed by atoms with Gasteiger partial charge in [-0.25, -0.2) is 0 Å². The van der Waals surface area contributed by atoms with E-state index in [0.29, 0.717) is 5.39 Å². The third-order valence-corrected chi connectivity index (χ3v) is 2.42. The van der Waals surface area contributed by atoms with E-state index >= 15 is 0 Å². The van der Waals surface area contributed by atoms with Crippen molar-refractivity contribution in [2.75, 3.05) is 0 Å². The van der Waals surface area contributed by atoms with E-state index in [4.69, 9.17) is 0 Å². The molecule has 2 aromatic rings. The average Bonchev–Trinajstić information content (AvgIpc) is 2.27. The molecule has 2 rings (SSSR count). The largest absolute Gasteiger partial charge is 0.327 e. The number of fused-ring (bicyclic) bond motifs is 1. The molecule has 0 saturated heterocycles. The van der Waals surface area contributed by atoms with Gasteiger partial charge in [-0.2, -0.15) is 0 Å². The second kappa shape index (κ2) is 4.96. The first kappa shape index (κ1) is 11.0. The molecule has 1 aromatic carbocycles. The molecule has 0 unspecified atom stereocenters. The van der Waals surface area contributed by atoms with Gasteiger partial charge in [0.05, 0.1) is 0 Å². The Morgan fingerprint density at radius 2 is 1.71 bits per heavy atom. The smallest absolute Gasteiger partial charge is 0.255 e. The molecule has 0 aliphatic carbocycles. The topological polar surface area (TPSA) is 32.9 Å². The monoisotopic (exact) mass is 253 g/mol. The van der Waals surface area contributed by atoms with Crippen LogP contribution in [0.4, 0.5) is 0 Å². The van der Waals surface area contributed by atoms with Crippen molar-refractivity contribution < 1.29 is 0 Å². The summed E-state index contributed by atoms with van der Waals surface area (Å²) >= 11 is 3.36. The SMILES string of the molecule is CC.O=c1[nH]cc(Br)c2ccccc12. The summed E-state index contributed by atoms with van der Waals surface area (Å²) in [5, 5.41) is 1.66. The lowest BCUT2D eigenvalue weighted by molar-refractivity contribution is 1.26. The molecule has 1 N–H and O–H groups in total. The van der Waals surface area contributed by atoms with E-state index in [2.05, 4.69) is 20.9 Å². The van der Waals surface area contributed by atoms with E-state index in [1.807, 2.05) is 32.0 Å². The molecule has 74 valence electrons. The summed E-state index contributed by atoms with van der Waals surface area (Å²) in [5.41, 5.74) is -0.0474. The fourth-order valence-corrected chi connectivity index (χ4v) is 1.63. The average molecular weight is 254 g/mol. The zero-order valence-corrected chi connectivity index (χ0v) is 9.76. The Morgan fingerprint density at radius 1 is 1.14 bits per heavy atom. The van der Waals surface area contributed by atoms with Gasteiger partial charge in [0.1, 0.15) is 0 Å². The van der Waals surface area contributed by atoms with E-state index < -0.39 is 0 Å². The Bertz CT molecular complexity index is 476. The minimum Gasteiger partial charge on any atom is -0.327 e. The molecule has 0 spiro atoms. The van der Waals surface area contributed by atoms with E-state index in [9.17, 15) is 4.79 Å². The van der Waals surface area contributed by atoms with Gasteiger partial charge in [-0.15, -0.1) is 0 Å². The molecule has 3 heteroatoms. The maximum Gasteiger partial charge on any atom is 0.255 e. The van der Waals surface area contributed by atoms with Gasteiger partial charge in [0.15, 0.2) is 0 Å². The van der Waals surface area contributed by atoms with Crippen LogP contribution in [0.3, 0.4) is 0 Å². The van der Waals surface area contributed by atoms with Gasteiger partial charge in [-0.1, -0.05) is 32.0 Å². The molecule has 2 nitrogen and oxygen atoms in total. The van der Waals surface area contributed by atoms with Crippen LogP contribution in [0.25, 0.3) is 10.8 Å². The predicted molar refractivity (Wildman–Crippen MR) is 63.6 cm³/mol. The van der Waals surface area contributed by atoms with Crippen LogP contribution in [0.15, 0.2) is 39.7 Å². The quantitative estimate of drug-likeness (QED) is 0.768. The van der Waals surface area contributed by atoms with E-state index in [1.54, 1.807) is 12.3 Å². The summed E-state index contributed by atoms with van der Waals surface area (Å²) in [7, 11) is 0. The number of hydrogen-bond donors (Lipinski definition) is 1. The number of halogens is 1. The summed E-state index contributed by atoms with van der Waals surface area (Å²) in [6.45, 7) is 4.00. The van der Waals surface area contributed by atoms with Crippen LogP contribution in [-0.2, 0) is 0 Å². The third-order valence-electron chi connectivity index (χ3n) is 1.76.